The van der Waals surface area contributed by atoms with Crippen LogP contribution in [-0.4, -0.2) is 60.2 Å². The van der Waals surface area contributed by atoms with Crippen LogP contribution in [0.1, 0.15) is 56.1 Å². The van der Waals surface area contributed by atoms with Gasteiger partial charge in [-0.1, -0.05) is 42.8 Å². The first-order valence-electron chi connectivity index (χ1n) is 14.0. The number of benzene rings is 1. The number of hydrogen-bond donors (Lipinski definition) is 3. The highest BCUT2D eigenvalue weighted by Gasteiger charge is 2.10. The zero-order chi connectivity index (χ0) is 26.7. The minimum atomic E-state index is 0.0317. The first-order chi connectivity index (χ1) is 18.7. The van der Waals surface area contributed by atoms with Crippen LogP contribution in [-0.2, 0) is 17.8 Å². The van der Waals surface area contributed by atoms with Crippen molar-refractivity contribution in [2.75, 3.05) is 39.3 Å². The van der Waals surface area contributed by atoms with Crippen molar-refractivity contribution >= 4 is 23.2 Å². The maximum absolute atomic E-state index is 12.0. The highest BCUT2D eigenvalue weighted by Crippen LogP contribution is 2.15. The number of nitrogens with one attached hydrogen (secondary N) is 3. The number of likely N-dealkylation sites (tertiary alicyclic amines) is 1. The normalized spacial score (nSPS) is 13.8. The topological polar surface area (TPSA) is 78.5 Å². The van der Waals surface area contributed by atoms with Gasteiger partial charge in [-0.2, -0.15) is 0 Å². The Morgan fingerprint density at radius 3 is 2.55 bits per heavy atom. The molecule has 2 heterocycles. The summed E-state index contributed by atoms with van der Waals surface area (Å²) in [6.07, 6.45) is 14.0. The fraction of sp³-hybridized carbons (Fsp3) is 0.500. The van der Waals surface area contributed by atoms with Gasteiger partial charge in [0.25, 0.3) is 0 Å². The highest BCUT2D eigenvalue weighted by atomic mass is 32.1. The van der Waals surface area contributed by atoms with Crippen molar-refractivity contribution in [2.45, 2.75) is 57.9 Å². The Hall–Kier alpha value is -2.97. The minimum Gasteiger partial charge on any atom is -0.473 e. The summed E-state index contributed by atoms with van der Waals surface area (Å²) < 4.78 is 5.75. The number of carbonyl (C=O) groups is 1. The van der Waals surface area contributed by atoms with E-state index in [0.29, 0.717) is 37.1 Å². The second kappa shape index (κ2) is 18.3. The Morgan fingerprint density at radius 2 is 1.74 bits per heavy atom. The predicted octanol–water partition coefficient (Wildman–Crippen LogP) is 4.39. The van der Waals surface area contributed by atoms with E-state index >= 15 is 0 Å². The molecule has 1 amide bonds. The van der Waals surface area contributed by atoms with Gasteiger partial charge in [0, 0.05) is 44.9 Å². The summed E-state index contributed by atoms with van der Waals surface area (Å²) in [6.45, 7) is 5.74. The van der Waals surface area contributed by atoms with Crippen LogP contribution in [0.25, 0.3) is 0 Å². The number of hydrogen-bond acceptors (Lipinski definition) is 5. The number of aromatic nitrogens is 1. The molecule has 0 radical (unpaired) electrons. The second-order valence-corrected chi connectivity index (χ2v) is 10.1. The van der Waals surface area contributed by atoms with E-state index < -0.39 is 0 Å². The molecule has 8 heteroatoms. The van der Waals surface area contributed by atoms with Gasteiger partial charge in [-0.05, 0) is 87.1 Å². The van der Waals surface area contributed by atoms with Crippen molar-refractivity contribution in [1.29, 1.82) is 0 Å². The Bertz CT molecular complexity index is 980. The first kappa shape index (κ1) is 29.6. The third kappa shape index (κ3) is 13.0. The SMILES string of the molecule is O=C(CCCNC(=S)NCCCCc1ccccc1)NC/C=C\COc1cc(CN2CCCCC2)ccn1. The van der Waals surface area contributed by atoms with Crippen molar-refractivity contribution < 1.29 is 9.53 Å². The maximum atomic E-state index is 12.0. The smallest absolute Gasteiger partial charge is 0.220 e. The lowest BCUT2D eigenvalue weighted by atomic mass is 10.1. The zero-order valence-electron chi connectivity index (χ0n) is 22.5. The van der Waals surface area contributed by atoms with Gasteiger partial charge in [0.1, 0.15) is 6.61 Å². The molecule has 0 atom stereocenters. The number of rotatable bonds is 16. The van der Waals surface area contributed by atoms with Gasteiger partial charge in [0.2, 0.25) is 11.8 Å². The highest BCUT2D eigenvalue weighted by molar-refractivity contribution is 7.80. The molecule has 2 aromatic rings. The lowest BCUT2D eigenvalue weighted by Gasteiger charge is -2.26. The van der Waals surface area contributed by atoms with Crippen molar-refractivity contribution in [3.8, 4) is 5.88 Å². The van der Waals surface area contributed by atoms with Crippen LogP contribution in [0.3, 0.4) is 0 Å². The number of pyridine rings is 1. The molecule has 38 heavy (non-hydrogen) atoms. The summed E-state index contributed by atoms with van der Waals surface area (Å²) in [4.78, 5) is 18.8. The summed E-state index contributed by atoms with van der Waals surface area (Å²) in [5.41, 5.74) is 2.61. The largest absolute Gasteiger partial charge is 0.473 e. The molecular weight excluding hydrogens is 494 g/mol. The van der Waals surface area contributed by atoms with E-state index in [4.69, 9.17) is 17.0 Å². The van der Waals surface area contributed by atoms with Gasteiger partial charge < -0.3 is 20.7 Å². The molecular formula is C30H43N5O2S. The Morgan fingerprint density at radius 1 is 0.947 bits per heavy atom. The van der Waals surface area contributed by atoms with Gasteiger partial charge in [0.05, 0.1) is 0 Å². The summed E-state index contributed by atoms with van der Waals surface area (Å²) in [7, 11) is 0. The number of amides is 1. The van der Waals surface area contributed by atoms with Crippen molar-refractivity contribution in [2.24, 2.45) is 0 Å². The molecule has 1 aliphatic heterocycles. The summed E-state index contributed by atoms with van der Waals surface area (Å²) in [5, 5.41) is 9.97. The molecule has 1 fully saturated rings. The molecule has 0 bridgehead atoms. The molecule has 3 N–H and O–H groups in total. The Balaban J connectivity index is 1.15. The van der Waals surface area contributed by atoms with Crippen LogP contribution in [0.2, 0.25) is 0 Å². The molecule has 0 aliphatic carbocycles. The minimum absolute atomic E-state index is 0.0317. The Kier molecular flexibility index (Phi) is 14.3. The molecule has 1 aliphatic rings. The van der Waals surface area contributed by atoms with E-state index in [1.54, 1.807) is 0 Å². The van der Waals surface area contributed by atoms with Crippen LogP contribution in [0, 0.1) is 0 Å². The van der Waals surface area contributed by atoms with Crippen LogP contribution in [0.4, 0.5) is 0 Å². The third-order valence-corrected chi connectivity index (χ3v) is 6.74. The molecule has 1 aromatic heterocycles. The van der Waals surface area contributed by atoms with Crippen molar-refractivity contribution in [1.82, 2.24) is 25.8 Å². The summed E-state index contributed by atoms with van der Waals surface area (Å²) >= 11 is 5.32. The van der Waals surface area contributed by atoms with E-state index in [0.717, 1.165) is 38.8 Å². The van der Waals surface area contributed by atoms with Crippen LogP contribution in [0.5, 0.6) is 5.88 Å². The second-order valence-electron chi connectivity index (χ2n) is 9.65. The molecule has 0 saturated carbocycles. The third-order valence-electron chi connectivity index (χ3n) is 6.45. The quantitative estimate of drug-likeness (QED) is 0.167. The van der Waals surface area contributed by atoms with E-state index in [2.05, 4.69) is 56.2 Å². The molecule has 1 aromatic carbocycles. The average Bonchev–Trinajstić information content (AvgIpc) is 2.94. The fourth-order valence-electron chi connectivity index (χ4n) is 4.36. The monoisotopic (exact) mass is 537 g/mol. The number of unbranched alkanes of at least 4 members (excludes halogenated alkanes) is 1. The van der Waals surface area contributed by atoms with Crippen LogP contribution in [0.15, 0.2) is 60.8 Å². The predicted molar refractivity (Wildman–Crippen MR) is 158 cm³/mol. The van der Waals surface area contributed by atoms with E-state index in [9.17, 15) is 4.79 Å². The van der Waals surface area contributed by atoms with Gasteiger partial charge in [0.15, 0.2) is 5.11 Å². The van der Waals surface area contributed by atoms with Crippen molar-refractivity contribution in [3.05, 3.63) is 71.9 Å². The number of piperidine rings is 1. The van der Waals surface area contributed by atoms with Crippen molar-refractivity contribution in [3.63, 3.8) is 0 Å². The number of carbonyl (C=O) groups excluding carboxylic acids is 1. The van der Waals surface area contributed by atoms with Gasteiger partial charge in [-0.3, -0.25) is 9.69 Å². The summed E-state index contributed by atoms with van der Waals surface area (Å²) in [6, 6.07) is 14.6. The standard InChI is InChI=1S/C30H43N5O2S/c36-28(15-11-19-34-30(38)33-18-6-5-14-26-12-3-1-4-13-26)31-17-7-10-23-37-29-24-27(16-20-32-29)25-35-21-8-2-9-22-35/h1,3-4,7,10,12-13,16,20,24H,2,5-6,8-9,11,14-15,17-19,21-23,25H2,(H,31,36)(H2,33,34,38)/b10-7-. The fourth-order valence-corrected chi connectivity index (χ4v) is 4.57. The van der Waals surface area contributed by atoms with E-state index in [1.807, 2.05) is 30.5 Å². The number of nitrogens with zero attached hydrogens (tertiary/aromatic N) is 2. The van der Waals surface area contributed by atoms with Gasteiger partial charge in [-0.25, -0.2) is 4.98 Å². The zero-order valence-corrected chi connectivity index (χ0v) is 23.3. The molecule has 1 saturated heterocycles. The van der Waals surface area contributed by atoms with Crippen LogP contribution >= 0.6 is 12.2 Å². The van der Waals surface area contributed by atoms with E-state index in [-0.39, 0.29) is 5.91 Å². The van der Waals surface area contributed by atoms with E-state index in [1.165, 1.54) is 43.5 Å². The Labute approximate surface area is 233 Å². The maximum Gasteiger partial charge on any atom is 0.220 e. The molecule has 206 valence electrons. The van der Waals surface area contributed by atoms with Gasteiger partial charge in [-0.15, -0.1) is 0 Å². The molecule has 3 rings (SSSR count). The van der Waals surface area contributed by atoms with Crippen LogP contribution < -0.4 is 20.7 Å². The average molecular weight is 538 g/mol. The van der Waals surface area contributed by atoms with Gasteiger partial charge >= 0.3 is 0 Å². The number of ether oxygens (including phenoxy) is 1. The first-order valence-corrected chi connectivity index (χ1v) is 14.4. The lowest BCUT2D eigenvalue weighted by Crippen LogP contribution is -2.36. The molecule has 7 nitrogen and oxygen atoms in total. The number of thiocarbonyl (C=S) groups is 1. The molecule has 0 spiro atoms. The lowest BCUT2D eigenvalue weighted by molar-refractivity contribution is -0.120. The molecule has 0 unspecified atom stereocenters. The summed E-state index contributed by atoms with van der Waals surface area (Å²) in [5.74, 6) is 0.671. The number of aryl methyl sites for hydroxylation is 1.